The average Bonchev–Trinajstić information content (AvgIpc) is 3.04. The van der Waals surface area contributed by atoms with Gasteiger partial charge in [0, 0.05) is 36.6 Å². The van der Waals surface area contributed by atoms with Gasteiger partial charge in [-0.05, 0) is 62.3 Å². The first kappa shape index (κ1) is 32.7. The second kappa shape index (κ2) is 16.0. The molecular formula is C33H40N2O9. The van der Waals surface area contributed by atoms with Crippen LogP contribution in [0.15, 0.2) is 71.1 Å². The average molecular weight is 609 g/mol. The number of esters is 2. The molecule has 236 valence electrons. The SMILES string of the molecule is CCC1=C(C(=O)OC)C(c2cccc([N+](=O)[O-])c2)C(C(=O)OCCCOc2ccc(CCOC3CCCCO3)cc2)=C(C)N1. The maximum absolute atomic E-state index is 13.4. The van der Waals surface area contributed by atoms with E-state index in [9.17, 15) is 19.7 Å². The maximum atomic E-state index is 13.4. The molecule has 1 fully saturated rings. The van der Waals surface area contributed by atoms with E-state index in [1.165, 1.54) is 25.3 Å². The predicted octanol–water partition coefficient (Wildman–Crippen LogP) is 5.49. The van der Waals surface area contributed by atoms with E-state index < -0.39 is 22.8 Å². The first-order valence-corrected chi connectivity index (χ1v) is 15.0. The maximum Gasteiger partial charge on any atom is 0.336 e. The summed E-state index contributed by atoms with van der Waals surface area (Å²) in [6.45, 7) is 5.34. The van der Waals surface area contributed by atoms with Crippen LogP contribution in [-0.4, -0.2) is 56.7 Å². The number of allylic oxidation sites excluding steroid dienone is 2. The fraction of sp³-hybridized carbons (Fsp3) is 0.455. The first-order valence-electron chi connectivity index (χ1n) is 15.0. The van der Waals surface area contributed by atoms with Gasteiger partial charge in [0.2, 0.25) is 0 Å². The smallest absolute Gasteiger partial charge is 0.336 e. The number of rotatable bonds is 14. The summed E-state index contributed by atoms with van der Waals surface area (Å²) in [5, 5.41) is 14.6. The van der Waals surface area contributed by atoms with Gasteiger partial charge in [-0.15, -0.1) is 0 Å². The molecule has 2 atom stereocenters. The Hall–Kier alpha value is -4.22. The molecule has 4 rings (SSSR count). The van der Waals surface area contributed by atoms with Crippen LogP contribution in [-0.2, 0) is 35.0 Å². The highest BCUT2D eigenvalue weighted by Crippen LogP contribution is 2.40. The van der Waals surface area contributed by atoms with Crippen molar-refractivity contribution in [3.63, 3.8) is 0 Å². The largest absolute Gasteiger partial charge is 0.493 e. The van der Waals surface area contributed by atoms with Crippen molar-refractivity contribution in [1.82, 2.24) is 5.32 Å². The van der Waals surface area contributed by atoms with Crippen molar-refractivity contribution in [2.24, 2.45) is 0 Å². The molecule has 0 aromatic heterocycles. The highest BCUT2D eigenvalue weighted by atomic mass is 16.7. The van der Waals surface area contributed by atoms with Gasteiger partial charge in [-0.1, -0.05) is 31.2 Å². The molecule has 1 N–H and O–H groups in total. The summed E-state index contributed by atoms with van der Waals surface area (Å²) in [6.07, 6.45) is 4.75. The number of nitro benzene ring substituents is 1. The summed E-state index contributed by atoms with van der Waals surface area (Å²) >= 11 is 0. The van der Waals surface area contributed by atoms with Crippen molar-refractivity contribution >= 4 is 17.6 Å². The van der Waals surface area contributed by atoms with Crippen LogP contribution >= 0.6 is 0 Å². The van der Waals surface area contributed by atoms with Crippen molar-refractivity contribution in [3.8, 4) is 5.75 Å². The van der Waals surface area contributed by atoms with Crippen LogP contribution < -0.4 is 10.1 Å². The number of hydrogen-bond acceptors (Lipinski definition) is 10. The molecular weight excluding hydrogens is 568 g/mol. The van der Waals surface area contributed by atoms with Crippen LogP contribution in [0.4, 0.5) is 5.69 Å². The zero-order valence-corrected chi connectivity index (χ0v) is 25.5. The molecule has 0 saturated carbocycles. The monoisotopic (exact) mass is 608 g/mol. The number of non-ortho nitro benzene ring substituents is 1. The third-order valence-corrected chi connectivity index (χ3v) is 7.58. The zero-order valence-electron chi connectivity index (χ0n) is 25.5. The Kier molecular flexibility index (Phi) is 11.9. The predicted molar refractivity (Wildman–Crippen MR) is 162 cm³/mol. The standard InChI is InChI=1S/C33H40N2O9/c1-4-27-31(32(36)40-3)30(24-9-7-10-25(21-24)35(38)39)29(22(2)34-27)33(37)44-19-8-18-41-26-14-12-23(13-15-26)16-20-43-28-11-5-6-17-42-28/h7,9-10,12-15,21,28,30,34H,4-6,8,11,16-20H2,1-3H3. The molecule has 2 aromatic rings. The van der Waals surface area contributed by atoms with Crippen molar-refractivity contribution in [2.45, 2.75) is 64.6 Å². The van der Waals surface area contributed by atoms with E-state index in [4.69, 9.17) is 23.7 Å². The molecule has 11 heteroatoms. The summed E-state index contributed by atoms with van der Waals surface area (Å²) in [5.74, 6) is -1.46. The van der Waals surface area contributed by atoms with E-state index in [1.807, 2.05) is 31.2 Å². The number of carbonyl (C=O) groups is 2. The fourth-order valence-electron chi connectivity index (χ4n) is 5.34. The van der Waals surface area contributed by atoms with E-state index in [0.29, 0.717) is 48.8 Å². The molecule has 11 nitrogen and oxygen atoms in total. The third-order valence-electron chi connectivity index (χ3n) is 7.58. The van der Waals surface area contributed by atoms with Crippen LogP contribution in [0.3, 0.4) is 0 Å². The third kappa shape index (κ3) is 8.45. The number of dihydropyridines is 1. The van der Waals surface area contributed by atoms with Gasteiger partial charge in [-0.3, -0.25) is 10.1 Å². The Morgan fingerprint density at radius 3 is 2.52 bits per heavy atom. The Morgan fingerprint density at radius 2 is 1.84 bits per heavy atom. The van der Waals surface area contributed by atoms with Crippen molar-refractivity contribution in [1.29, 1.82) is 0 Å². The van der Waals surface area contributed by atoms with Crippen LogP contribution in [0.1, 0.15) is 63.0 Å². The Balaban J connectivity index is 1.33. The van der Waals surface area contributed by atoms with Gasteiger partial charge in [0.25, 0.3) is 5.69 Å². The molecule has 1 saturated heterocycles. The topological polar surface area (TPSA) is 135 Å². The highest BCUT2D eigenvalue weighted by molar-refractivity contribution is 6.00. The molecule has 2 heterocycles. The van der Waals surface area contributed by atoms with Crippen LogP contribution in [0.5, 0.6) is 5.75 Å². The molecule has 2 aliphatic heterocycles. The molecule has 0 aliphatic carbocycles. The lowest BCUT2D eigenvalue weighted by Crippen LogP contribution is -2.33. The summed E-state index contributed by atoms with van der Waals surface area (Å²) < 4.78 is 27.9. The number of hydrogen-bond donors (Lipinski definition) is 1. The Morgan fingerprint density at radius 1 is 1.05 bits per heavy atom. The normalized spacial score (nSPS) is 18.4. The fourth-order valence-corrected chi connectivity index (χ4v) is 5.34. The Bertz CT molecular complexity index is 1380. The number of nitrogens with zero attached hydrogens (tertiary/aromatic N) is 1. The molecule has 2 aromatic carbocycles. The summed E-state index contributed by atoms with van der Waals surface area (Å²) in [7, 11) is 1.26. The molecule has 2 unspecified atom stereocenters. The quantitative estimate of drug-likeness (QED) is 0.127. The number of methoxy groups -OCH3 is 1. The van der Waals surface area contributed by atoms with Crippen molar-refractivity contribution < 1.29 is 38.2 Å². The van der Waals surface area contributed by atoms with E-state index >= 15 is 0 Å². The Labute approximate surface area is 257 Å². The van der Waals surface area contributed by atoms with Crippen molar-refractivity contribution in [2.75, 3.05) is 33.5 Å². The number of benzene rings is 2. The second-order valence-electron chi connectivity index (χ2n) is 10.6. The molecule has 0 amide bonds. The van der Waals surface area contributed by atoms with Crippen LogP contribution in [0.2, 0.25) is 0 Å². The van der Waals surface area contributed by atoms with Gasteiger partial charge in [0.15, 0.2) is 6.29 Å². The van der Waals surface area contributed by atoms with Gasteiger partial charge in [0.1, 0.15) is 5.75 Å². The number of ether oxygens (including phenoxy) is 5. The zero-order chi connectivity index (χ0) is 31.5. The number of nitrogens with one attached hydrogen (secondary N) is 1. The highest BCUT2D eigenvalue weighted by Gasteiger charge is 2.38. The van der Waals surface area contributed by atoms with Gasteiger partial charge < -0.3 is 29.0 Å². The second-order valence-corrected chi connectivity index (χ2v) is 10.6. The van der Waals surface area contributed by atoms with Crippen LogP contribution in [0.25, 0.3) is 0 Å². The lowest BCUT2D eigenvalue weighted by molar-refractivity contribution is -0.384. The number of carbonyl (C=O) groups excluding carboxylic acids is 2. The molecule has 0 radical (unpaired) electrons. The molecule has 0 spiro atoms. The van der Waals surface area contributed by atoms with E-state index in [1.54, 1.807) is 13.0 Å². The molecule has 44 heavy (non-hydrogen) atoms. The van der Waals surface area contributed by atoms with Gasteiger partial charge in [-0.2, -0.15) is 0 Å². The van der Waals surface area contributed by atoms with E-state index in [2.05, 4.69) is 5.32 Å². The first-order chi connectivity index (χ1) is 21.3. The van der Waals surface area contributed by atoms with E-state index in [0.717, 1.165) is 37.9 Å². The summed E-state index contributed by atoms with van der Waals surface area (Å²) in [5.41, 5.74) is 2.89. The van der Waals surface area contributed by atoms with Gasteiger partial charge in [-0.25, -0.2) is 9.59 Å². The van der Waals surface area contributed by atoms with Gasteiger partial charge in [0.05, 0.1) is 48.9 Å². The lowest BCUT2D eigenvalue weighted by atomic mass is 9.79. The minimum Gasteiger partial charge on any atom is -0.493 e. The van der Waals surface area contributed by atoms with Crippen molar-refractivity contribution in [3.05, 3.63) is 92.3 Å². The lowest BCUT2D eigenvalue weighted by Gasteiger charge is -2.31. The minimum absolute atomic E-state index is 0.0772. The summed E-state index contributed by atoms with van der Waals surface area (Å²) in [4.78, 5) is 37.3. The summed E-state index contributed by atoms with van der Waals surface area (Å²) in [6, 6.07) is 13.7. The molecule has 2 aliphatic rings. The van der Waals surface area contributed by atoms with E-state index in [-0.39, 0.29) is 29.7 Å². The van der Waals surface area contributed by atoms with Gasteiger partial charge >= 0.3 is 11.9 Å². The number of nitro groups is 1. The molecule has 0 bridgehead atoms. The minimum atomic E-state index is -0.901. The van der Waals surface area contributed by atoms with Crippen LogP contribution in [0, 0.1) is 10.1 Å².